The lowest BCUT2D eigenvalue weighted by molar-refractivity contribution is -0.384. The number of allylic oxidation sites excluding steroid dienone is 1. The van der Waals surface area contributed by atoms with Crippen molar-refractivity contribution in [1.82, 2.24) is 0 Å². The van der Waals surface area contributed by atoms with Crippen LogP contribution in [0, 0.1) is 22.9 Å². The van der Waals surface area contributed by atoms with E-state index in [0.29, 0.717) is 40.3 Å². The number of nitro benzene ring substituents is 1. The molecule has 178 valence electrons. The van der Waals surface area contributed by atoms with Crippen LogP contribution < -0.4 is 10.1 Å². The molecule has 4 rings (SSSR count). The third-order valence-electron chi connectivity index (χ3n) is 5.59. The van der Waals surface area contributed by atoms with Crippen molar-refractivity contribution in [1.29, 1.82) is 0 Å². The Hall–Kier alpha value is -4.46. The minimum absolute atomic E-state index is 0.107. The van der Waals surface area contributed by atoms with Crippen LogP contribution >= 0.6 is 0 Å². The van der Waals surface area contributed by atoms with E-state index >= 15 is 0 Å². The number of benzene rings is 3. The number of fused-ring (bicyclic) bond motifs is 1. The summed E-state index contributed by atoms with van der Waals surface area (Å²) in [5.41, 5.74) is 4.45. The van der Waals surface area contributed by atoms with Crippen LogP contribution in [0.5, 0.6) is 5.75 Å². The maximum absolute atomic E-state index is 13.4. The van der Waals surface area contributed by atoms with Gasteiger partial charge in [0, 0.05) is 40.8 Å². The lowest BCUT2D eigenvalue weighted by Crippen LogP contribution is -2.10. The number of halogens is 1. The summed E-state index contributed by atoms with van der Waals surface area (Å²) in [6.45, 7) is 5.81. The minimum Gasteiger partial charge on any atom is -0.493 e. The Morgan fingerprint density at radius 2 is 1.91 bits per heavy atom. The highest BCUT2D eigenvalue weighted by Crippen LogP contribution is 2.37. The van der Waals surface area contributed by atoms with Gasteiger partial charge in [0.15, 0.2) is 0 Å². The summed E-state index contributed by atoms with van der Waals surface area (Å²) in [4.78, 5) is 23.4. The summed E-state index contributed by atoms with van der Waals surface area (Å²) in [5.74, 6) is -0.211. The van der Waals surface area contributed by atoms with E-state index in [9.17, 15) is 19.3 Å². The van der Waals surface area contributed by atoms with Gasteiger partial charge in [0.25, 0.3) is 5.69 Å². The first kappa shape index (κ1) is 23.7. The van der Waals surface area contributed by atoms with Crippen molar-refractivity contribution in [2.24, 2.45) is 0 Å². The molecular formula is C27H23FN2O5. The van der Waals surface area contributed by atoms with Crippen molar-refractivity contribution in [3.05, 3.63) is 94.0 Å². The average Bonchev–Trinajstić information content (AvgIpc) is 3.23. The minimum atomic E-state index is -0.511. The van der Waals surface area contributed by atoms with Crippen LogP contribution in [0.15, 0.2) is 71.4 Å². The molecule has 0 radical (unpaired) electrons. The van der Waals surface area contributed by atoms with Gasteiger partial charge in [-0.2, -0.15) is 0 Å². The molecule has 0 saturated carbocycles. The summed E-state index contributed by atoms with van der Waals surface area (Å²) in [6.07, 6.45) is 3.02. The van der Waals surface area contributed by atoms with Crippen LogP contribution in [0.3, 0.4) is 0 Å². The van der Waals surface area contributed by atoms with Gasteiger partial charge in [0.2, 0.25) is 5.91 Å². The van der Waals surface area contributed by atoms with Gasteiger partial charge in [0.05, 0.1) is 23.5 Å². The molecule has 0 saturated heterocycles. The lowest BCUT2D eigenvalue weighted by atomic mass is 9.99. The Labute approximate surface area is 201 Å². The average molecular weight is 474 g/mol. The number of aryl methyl sites for hydroxylation is 1. The van der Waals surface area contributed by atoms with Crippen LogP contribution in [0.4, 0.5) is 15.8 Å². The van der Waals surface area contributed by atoms with Gasteiger partial charge in [-0.25, -0.2) is 4.39 Å². The monoisotopic (exact) mass is 474 g/mol. The van der Waals surface area contributed by atoms with Crippen molar-refractivity contribution >= 4 is 33.8 Å². The van der Waals surface area contributed by atoms with Crippen molar-refractivity contribution < 1.29 is 23.3 Å². The van der Waals surface area contributed by atoms with Crippen LogP contribution in [0.1, 0.15) is 25.0 Å². The molecule has 0 spiro atoms. The van der Waals surface area contributed by atoms with Gasteiger partial charge in [-0.1, -0.05) is 18.2 Å². The van der Waals surface area contributed by atoms with E-state index in [1.54, 1.807) is 44.4 Å². The lowest BCUT2D eigenvalue weighted by Gasteiger charge is -2.12. The number of carbonyl (C=O) groups excluding carboxylic acids is 1. The SMILES string of the molecule is CCOc1cc2occ(-c3ccc(F)cc3)c2cc1/C(C)=C/C(=O)Nc1cc([N+](=O)[O-])ccc1C. The van der Waals surface area contributed by atoms with Gasteiger partial charge in [-0.15, -0.1) is 0 Å². The number of nitro groups is 1. The van der Waals surface area contributed by atoms with Gasteiger partial charge in [-0.3, -0.25) is 14.9 Å². The van der Waals surface area contributed by atoms with Crippen LogP contribution in [0.25, 0.3) is 27.7 Å². The van der Waals surface area contributed by atoms with E-state index in [1.807, 2.05) is 13.0 Å². The molecule has 0 atom stereocenters. The highest BCUT2D eigenvalue weighted by atomic mass is 19.1. The third-order valence-corrected chi connectivity index (χ3v) is 5.59. The number of anilines is 1. The molecule has 0 unspecified atom stereocenters. The normalized spacial score (nSPS) is 11.5. The molecule has 7 nitrogen and oxygen atoms in total. The number of nitrogens with one attached hydrogen (secondary N) is 1. The molecule has 8 heteroatoms. The van der Waals surface area contributed by atoms with E-state index in [1.165, 1.54) is 30.3 Å². The molecule has 4 aromatic rings. The first-order valence-electron chi connectivity index (χ1n) is 11.0. The number of carbonyl (C=O) groups is 1. The molecule has 1 amide bonds. The van der Waals surface area contributed by atoms with Gasteiger partial charge in [0.1, 0.15) is 17.1 Å². The number of hydrogen-bond acceptors (Lipinski definition) is 5. The first-order valence-corrected chi connectivity index (χ1v) is 11.0. The van der Waals surface area contributed by atoms with E-state index < -0.39 is 10.8 Å². The summed E-state index contributed by atoms with van der Waals surface area (Å²) >= 11 is 0. The molecule has 3 aromatic carbocycles. The molecule has 1 N–H and O–H groups in total. The predicted molar refractivity (Wildman–Crippen MR) is 133 cm³/mol. The fraction of sp³-hybridized carbons (Fsp3) is 0.148. The number of non-ortho nitro benzene ring substituents is 1. The van der Waals surface area contributed by atoms with Crippen molar-refractivity contribution in [2.45, 2.75) is 20.8 Å². The largest absolute Gasteiger partial charge is 0.493 e. The second kappa shape index (κ2) is 9.80. The number of ether oxygens (including phenoxy) is 1. The van der Waals surface area contributed by atoms with Crippen molar-refractivity contribution in [2.75, 3.05) is 11.9 Å². The molecule has 35 heavy (non-hydrogen) atoms. The molecule has 0 aliphatic carbocycles. The van der Waals surface area contributed by atoms with Gasteiger partial charge >= 0.3 is 0 Å². The zero-order valence-electron chi connectivity index (χ0n) is 19.4. The maximum Gasteiger partial charge on any atom is 0.271 e. The Bertz CT molecular complexity index is 1450. The molecule has 0 bridgehead atoms. The predicted octanol–water partition coefficient (Wildman–Crippen LogP) is 6.90. The Kier molecular flexibility index (Phi) is 6.64. The van der Waals surface area contributed by atoms with Crippen LogP contribution in [-0.2, 0) is 4.79 Å². The highest BCUT2D eigenvalue weighted by Gasteiger charge is 2.16. The second-order valence-corrected chi connectivity index (χ2v) is 8.01. The third kappa shape index (κ3) is 5.06. The summed E-state index contributed by atoms with van der Waals surface area (Å²) < 4.78 is 24.9. The van der Waals surface area contributed by atoms with Crippen molar-refractivity contribution in [3.8, 4) is 16.9 Å². The van der Waals surface area contributed by atoms with Crippen LogP contribution in [0.2, 0.25) is 0 Å². The molecule has 0 aliphatic heterocycles. The number of furan rings is 1. The zero-order chi connectivity index (χ0) is 25.1. The summed E-state index contributed by atoms with van der Waals surface area (Å²) in [5, 5.41) is 14.6. The van der Waals surface area contributed by atoms with Gasteiger partial charge < -0.3 is 14.5 Å². The molecule has 1 heterocycles. The van der Waals surface area contributed by atoms with Gasteiger partial charge in [-0.05, 0) is 55.7 Å². The Balaban J connectivity index is 1.71. The molecular weight excluding hydrogens is 451 g/mol. The van der Waals surface area contributed by atoms with E-state index in [2.05, 4.69) is 5.32 Å². The zero-order valence-corrected chi connectivity index (χ0v) is 19.4. The first-order chi connectivity index (χ1) is 16.8. The molecule has 1 aromatic heterocycles. The smallest absolute Gasteiger partial charge is 0.271 e. The maximum atomic E-state index is 13.4. The standard InChI is InChI=1S/C27H23FN2O5/c1-4-34-25-14-26-22(23(15-35-26)18-6-8-19(28)9-7-18)13-21(25)17(3)11-27(31)29-24-12-20(30(32)33)10-5-16(24)2/h5-15H,4H2,1-3H3,(H,29,31)/b17-11+. The Morgan fingerprint density at radius 3 is 2.60 bits per heavy atom. The highest BCUT2D eigenvalue weighted by molar-refractivity contribution is 6.05. The fourth-order valence-corrected chi connectivity index (χ4v) is 3.79. The number of hydrogen-bond donors (Lipinski definition) is 1. The molecule has 0 fully saturated rings. The van der Waals surface area contributed by atoms with Crippen molar-refractivity contribution in [3.63, 3.8) is 0 Å². The summed E-state index contributed by atoms with van der Waals surface area (Å²) in [7, 11) is 0. The number of rotatable bonds is 7. The number of nitrogens with zero attached hydrogens (tertiary/aromatic N) is 1. The number of amides is 1. The van der Waals surface area contributed by atoms with E-state index in [0.717, 1.165) is 16.5 Å². The summed E-state index contributed by atoms with van der Waals surface area (Å²) in [6, 6.07) is 14.1. The van der Waals surface area contributed by atoms with E-state index in [-0.39, 0.29) is 11.5 Å². The fourth-order valence-electron chi connectivity index (χ4n) is 3.79. The molecule has 0 aliphatic rings. The quantitative estimate of drug-likeness (QED) is 0.179. The van der Waals surface area contributed by atoms with E-state index in [4.69, 9.17) is 9.15 Å². The van der Waals surface area contributed by atoms with Crippen LogP contribution in [-0.4, -0.2) is 17.4 Å². The topological polar surface area (TPSA) is 94.6 Å². The Morgan fingerprint density at radius 1 is 1.17 bits per heavy atom. The second-order valence-electron chi connectivity index (χ2n) is 8.01.